The first kappa shape index (κ1) is 51.1. The molecule has 0 N–H and O–H groups in total. The Bertz CT molecular complexity index is 2440. The smallest absolute Gasteiger partial charge is 0.400 e. The molecule has 0 amide bonds. The van der Waals surface area contributed by atoms with E-state index in [4.69, 9.17) is 27.9 Å². The maximum atomic E-state index is 6.11. The van der Waals surface area contributed by atoms with Gasteiger partial charge < -0.3 is 42.9 Å². The summed E-state index contributed by atoms with van der Waals surface area (Å²) in [6.07, 6.45) is 1.78. The van der Waals surface area contributed by atoms with E-state index in [1.807, 2.05) is 123 Å². The van der Waals surface area contributed by atoms with Gasteiger partial charge in [0.05, 0.1) is 33.6 Å². The van der Waals surface area contributed by atoms with Crippen molar-refractivity contribution in [3.8, 4) is 33.8 Å². The number of pyridine rings is 3. The minimum atomic E-state index is -0.358. The minimum absolute atomic E-state index is 0. The summed E-state index contributed by atoms with van der Waals surface area (Å²) in [7, 11) is -1.07. The zero-order valence-electron chi connectivity index (χ0n) is 40.8. The molecule has 3 aromatic heterocycles. The maximum absolute atomic E-state index is 6.11. The van der Waals surface area contributed by atoms with Crippen molar-refractivity contribution >= 4 is 37.7 Å². The Kier molecular flexibility index (Phi) is 15.3. The van der Waals surface area contributed by atoms with Gasteiger partial charge >= 0.3 is 41.5 Å². The van der Waals surface area contributed by atoms with Crippen LogP contribution in [0.1, 0.15) is 94.5 Å². The fourth-order valence-corrected chi connectivity index (χ4v) is 7.18. The fourth-order valence-electron chi connectivity index (χ4n) is 7.18. The molecular weight excluding hydrogens is 999 g/mol. The van der Waals surface area contributed by atoms with Crippen molar-refractivity contribution in [3.05, 3.63) is 145 Å². The van der Waals surface area contributed by atoms with Crippen molar-refractivity contribution in [1.82, 2.24) is 15.0 Å². The van der Waals surface area contributed by atoms with Crippen molar-refractivity contribution in [2.75, 3.05) is 0 Å². The van der Waals surface area contributed by atoms with Crippen LogP contribution >= 0.6 is 0 Å². The molecule has 3 saturated heterocycles. The minimum Gasteiger partial charge on any atom is -0.400 e. The number of benzene rings is 3. The summed E-state index contributed by atoms with van der Waals surface area (Å²) in [5, 5.41) is 0. The Labute approximate surface area is 408 Å². The van der Waals surface area contributed by atoms with Gasteiger partial charge in [-0.3, -0.25) is 0 Å². The average Bonchev–Trinajstić information content (AvgIpc) is 3.74. The van der Waals surface area contributed by atoms with Crippen molar-refractivity contribution in [2.24, 2.45) is 0 Å². The van der Waals surface area contributed by atoms with Crippen LogP contribution < -0.4 is 16.4 Å². The molecule has 0 spiro atoms. The van der Waals surface area contributed by atoms with Gasteiger partial charge in [0.2, 0.25) is 0 Å². The van der Waals surface area contributed by atoms with Gasteiger partial charge in [-0.1, -0.05) is 36.4 Å². The molecule has 6 heterocycles. The summed E-state index contributed by atoms with van der Waals surface area (Å²) >= 11 is 0. The first-order chi connectivity index (χ1) is 30.5. The van der Waals surface area contributed by atoms with E-state index in [0.717, 1.165) is 61.5 Å². The van der Waals surface area contributed by atoms with E-state index in [1.165, 1.54) is 0 Å². The quantitative estimate of drug-likeness (QED) is 0.120. The van der Waals surface area contributed by atoms with Gasteiger partial charge in [0.25, 0.3) is 0 Å². The molecule has 0 atom stereocenters. The third-order valence-electron chi connectivity index (χ3n) is 13.3. The number of hydrogen-bond acceptors (Lipinski definition) is 9. The van der Waals surface area contributed by atoms with Gasteiger partial charge in [-0.15, -0.1) is 106 Å². The predicted octanol–water partition coefficient (Wildman–Crippen LogP) is 9.16. The molecule has 66 heavy (non-hydrogen) atoms. The summed E-state index contributed by atoms with van der Waals surface area (Å²) < 4.78 is 36.6. The number of nitrogens with zero attached hydrogens (tertiary/aromatic N) is 3. The van der Waals surface area contributed by atoms with E-state index in [1.54, 1.807) is 6.20 Å². The van der Waals surface area contributed by atoms with E-state index in [2.05, 4.69) is 116 Å². The molecule has 342 valence electrons. The van der Waals surface area contributed by atoms with E-state index in [0.29, 0.717) is 0 Å². The van der Waals surface area contributed by atoms with Crippen LogP contribution in [-0.4, -0.2) is 69.9 Å². The summed E-state index contributed by atoms with van der Waals surface area (Å²) in [4.78, 5) is 13.5. The maximum Gasteiger partial charge on any atom is 3.00 e. The van der Waals surface area contributed by atoms with E-state index >= 15 is 0 Å². The monoisotopic (exact) mass is 1060 g/mol. The fraction of sp³-hybridized carbons (Fsp3) is 0.377. The molecule has 3 aliphatic rings. The average molecular weight is 1060 g/mol. The molecule has 9 rings (SSSR count). The van der Waals surface area contributed by atoms with Gasteiger partial charge in [-0.05, 0) is 132 Å². The van der Waals surface area contributed by atoms with E-state index in [-0.39, 0.29) is 75.1 Å². The summed E-state index contributed by atoms with van der Waals surface area (Å²) in [5.41, 5.74) is 8.56. The Morgan fingerprint density at radius 3 is 0.985 bits per heavy atom. The molecule has 3 fully saturated rings. The van der Waals surface area contributed by atoms with Crippen LogP contribution in [0.25, 0.3) is 33.8 Å². The molecule has 0 aliphatic carbocycles. The molecular formula is C53H61B3IrN3O6. The molecule has 13 heteroatoms. The van der Waals surface area contributed by atoms with Crippen molar-refractivity contribution in [3.63, 3.8) is 0 Å². The van der Waals surface area contributed by atoms with Gasteiger partial charge in [0.1, 0.15) is 0 Å². The molecule has 9 nitrogen and oxygen atoms in total. The summed E-state index contributed by atoms with van der Waals surface area (Å²) in [6.45, 7) is 28.7. The second kappa shape index (κ2) is 19.7. The van der Waals surface area contributed by atoms with Gasteiger partial charge in [-0.25, -0.2) is 0 Å². The standard InChI is InChI=1S/2C18H21BNO2.C17H19BNO2.Ir/c2*1-13-8-6-11-16(20-13)14-9-7-10-15(12-14)19-21-17(2,3)18(4,5)22-19;1-16(2)17(3,4)21-18(20-16)14-9-7-8-13(12-14)15-10-5-6-11-19-15;/h2*6-8,10-12H,1-5H3;5-7,9-12H,1-4H3;/q3*-1;+3. The Balaban J connectivity index is 0.000000162. The van der Waals surface area contributed by atoms with Crippen LogP contribution in [-0.2, 0) is 48.0 Å². The van der Waals surface area contributed by atoms with Crippen LogP contribution in [0.3, 0.4) is 0 Å². The normalized spacial score (nSPS) is 19.2. The topological polar surface area (TPSA) is 94.1 Å². The number of hydrogen-bond donors (Lipinski definition) is 0. The van der Waals surface area contributed by atoms with Gasteiger partial charge in [-0.2, -0.15) is 0 Å². The van der Waals surface area contributed by atoms with Crippen LogP contribution in [0, 0.1) is 32.0 Å². The first-order valence-electron chi connectivity index (χ1n) is 22.4. The van der Waals surface area contributed by atoms with Crippen LogP contribution in [0.4, 0.5) is 0 Å². The molecule has 0 unspecified atom stereocenters. The summed E-state index contributed by atoms with van der Waals surface area (Å²) in [5.74, 6) is 0. The first-order valence-corrected chi connectivity index (χ1v) is 22.4. The van der Waals surface area contributed by atoms with Crippen molar-refractivity contribution < 1.29 is 48.0 Å². The third-order valence-corrected chi connectivity index (χ3v) is 13.3. The molecule has 3 aliphatic heterocycles. The molecule has 0 saturated carbocycles. The molecule has 0 bridgehead atoms. The van der Waals surface area contributed by atoms with Crippen LogP contribution in [0.15, 0.2) is 115 Å². The number of aryl methyl sites for hydroxylation is 2. The van der Waals surface area contributed by atoms with Crippen molar-refractivity contribution in [1.29, 1.82) is 0 Å². The Morgan fingerprint density at radius 2 is 0.697 bits per heavy atom. The zero-order chi connectivity index (χ0) is 47.0. The van der Waals surface area contributed by atoms with E-state index < -0.39 is 0 Å². The van der Waals surface area contributed by atoms with Crippen molar-refractivity contribution in [2.45, 2.75) is 131 Å². The number of rotatable bonds is 6. The van der Waals surface area contributed by atoms with Crippen LogP contribution in [0.5, 0.6) is 0 Å². The van der Waals surface area contributed by atoms with Gasteiger partial charge in [0, 0.05) is 17.6 Å². The summed E-state index contributed by atoms with van der Waals surface area (Å²) in [6, 6.07) is 45.3. The third kappa shape index (κ3) is 11.3. The van der Waals surface area contributed by atoms with Gasteiger partial charge in [0.15, 0.2) is 0 Å². The Hall–Kier alpha value is -4.29. The zero-order valence-corrected chi connectivity index (χ0v) is 43.2. The molecule has 0 radical (unpaired) electrons. The SMILES string of the molecule is CC1(C)OB(c2cc[c-]c(-c3ccccn3)c2)OC1(C)C.Cc1cccc(-c2[c-]ccc(B3OC(C)(C)C(C)(C)O3)c2)n1.Cc1cccc(-c2[c-]ccc(B3OC(C)(C)C(C)(C)O3)c2)n1.[Ir+3]. The largest absolute Gasteiger partial charge is 3.00 e. The molecule has 6 aromatic rings. The second-order valence-electron chi connectivity index (χ2n) is 19.9. The molecule has 3 aromatic carbocycles. The predicted molar refractivity (Wildman–Crippen MR) is 262 cm³/mol. The second-order valence-corrected chi connectivity index (χ2v) is 19.9. The van der Waals surface area contributed by atoms with E-state index in [9.17, 15) is 0 Å². The number of aromatic nitrogens is 3. The Morgan fingerprint density at radius 1 is 0.394 bits per heavy atom. The van der Waals surface area contributed by atoms with Crippen LogP contribution in [0.2, 0.25) is 0 Å².